The fraction of sp³-hybridized carbons (Fsp3) is 0. The molecule has 4 heteroatoms. The molecule has 1 amide bonds. The van der Waals surface area contributed by atoms with Crippen LogP contribution in [0.15, 0.2) is 36.5 Å². The summed E-state index contributed by atoms with van der Waals surface area (Å²) in [7, 11) is 0. The first-order valence-corrected chi connectivity index (χ1v) is 4.10. The molecule has 0 unspecified atom stereocenters. The Bertz CT molecular complexity index is 482. The highest BCUT2D eigenvalue weighted by Gasteiger charge is 2.04. The van der Waals surface area contributed by atoms with Gasteiger partial charge in [0.1, 0.15) is 0 Å². The lowest BCUT2D eigenvalue weighted by molar-refractivity contribution is 0.0706. The Morgan fingerprint density at radius 3 is 2.93 bits per heavy atom. The maximum atomic E-state index is 11.1. The fourth-order valence-corrected chi connectivity index (χ4v) is 1.26. The minimum atomic E-state index is -0.553. The van der Waals surface area contributed by atoms with Crippen LogP contribution in [0.2, 0.25) is 0 Å². The van der Waals surface area contributed by atoms with Gasteiger partial charge in [-0.1, -0.05) is 18.2 Å². The van der Waals surface area contributed by atoms with E-state index in [-0.39, 0.29) is 0 Å². The van der Waals surface area contributed by atoms with Crippen molar-refractivity contribution >= 4 is 16.8 Å². The normalized spacial score (nSPS) is 10.1. The van der Waals surface area contributed by atoms with E-state index in [2.05, 4.69) is 4.98 Å². The Labute approximate surface area is 80.2 Å². The van der Waals surface area contributed by atoms with Gasteiger partial charge in [-0.25, -0.2) is 5.48 Å². The zero-order valence-electron chi connectivity index (χ0n) is 7.27. The number of carbonyl (C=O) groups is 1. The van der Waals surface area contributed by atoms with Gasteiger partial charge in [-0.15, -0.1) is 0 Å². The van der Waals surface area contributed by atoms with Crippen molar-refractivity contribution in [3.8, 4) is 0 Å². The fourth-order valence-electron chi connectivity index (χ4n) is 1.26. The third-order valence-electron chi connectivity index (χ3n) is 1.95. The van der Waals surface area contributed by atoms with Crippen LogP contribution in [0.4, 0.5) is 0 Å². The molecule has 70 valence electrons. The number of nitrogens with one attached hydrogen (secondary N) is 1. The second-order valence-corrected chi connectivity index (χ2v) is 2.86. The first-order chi connectivity index (χ1) is 6.81. The summed E-state index contributed by atoms with van der Waals surface area (Å²) in [6, 6.07) is 9.13. The maximum Gasteiger partial charge on any atom is 0.276 e. The zero-order valence-corrected chi connectivity index (χ0v) is 7.27. The predicted octanol–water partition coefficient (Wildman–Crippen LogP) is 1.35. The van der Waals surface area contributed by atoms with Crippen molar-refractivity contribution < 1.29 is 10.0 Å². The number of hydrogen-bond acceptors (Lipinski definition) is 3. The predicted molar refractivity (Wildman–Crippen MR) is 51.0 cm³/mol. The summed E-state index contributed by atoms with van der Waals surface area (Å²) >= 11 is 0. The molecule has 0 atom stereocenters. The second kappa shape index (κ2) is 3.43. The molecule has 0 aliphatic carbocycles. The molecule has 0 saturated heterocycles. The molecule has 14 heavy (non-hydrogen) atoms. The van der Waals surface area contributed by atoms with Crippen molar-refractivity contribution in [2.24, 2.45) is 0 Å². The zero-order chi connectivity index (χ0) is 9.97. The molecule has 0 fully saturated rings. The summed E-state index contributed by atoms with van der Waals surface area (Å²) in [4.78, 5) is 15.1. The van der Waals surface area contributed by atoms with E-state index in [0.717, 1.165) is 10.9 Å². The maximum absolute atomic E-state index is 11.1. The quantitative estimate of drug-likeness (QED) is 0.524. The summed E-state index contributed by atoms with van der Waals surface area (Å²) in [6.45, 7) is 0. The number of nitrogens with zero attached hydrogens (tertiary/aromatic N) is 1. The van der Waals surface area contributed by atoms with Crippen LogP contribution in [-0.2, 0) is 0 Å². The van der Waals surface area contributed by atoms with Gasteiger partial charge in [-0.2, -0.15) is 0 Å². The van der Waals surface area contributed by atoms with Crippen LogP contribution in [0.1, 0.15) is 10.4 Å². The number of para-hydroxylation sites is 1. The number of hydrogen-bond donors (Lipinski definition) is 2. The monoisotopic (exact) mass is 188 g/mol. The van der Waals surface area contributed by atoms with Crippen molar-refractivity contribution in [1.29, 1.82) is 0 Å². The molecule has 4 nitrogen and oxygen atoms in total. The summed E-state index contributed by atoms with van der Waals surface area (Å²) in [5, 5.41) is 9.30. The smallest absolute Gasteiger partial charge is 0.276 e. The number of amides is 1. The van der Waals surface area contributed by atoms with Crippen molar-refractivity contribution in [2.45, 2.75) is 0 Å². The molecule has 0 bridgehead atoms. The molecule has 0 saturated carbocycles. The van der Waals surface area contributed by atoms with Crippen LogP contribution >= 0.6 is 0 Å². The molecule has 1 aromatic carbocycles. The van der Waals surface area contributed by atoms with Crippen LogP contribution in [0, 0.1) is 0 Å². The highest BCUT2D eigenvalue weighted by Crippen LogP contribution is 2.12. The van der Waals surface area contributed by atoms with Crippen molar-refractivity contribution in [3.63, 3.8) is 0 Å². The molecular formula is C10H8N2O2. The highest BCUT2D eigenvalue weighted by atomic mass is 16.5. The van der Waals surface area contributed by atoms with E-state index in [0.29, 0.717) is 5.56 Å². The molecule has 1 heterocycles. The van der Waals surface area contributed by atoms with Gasteiger partial charge in [0.15, 0.2) is 0 Å². The SMILES string of the molecule is O=C(NO)c1cnc2ccccc2c1. The van der Waals surface area contributed by atoms with Gasteiger partial charge in [0.25, 0.3) is 5.91 Å². The second-order valence-electron chi connectivity index (χ2n) is 2.86. The highest BCUT2D eigenvalue weighted by molar-refractivity contribution is 5.96. The van der Waals surface area contributed by atoms with Crippen molar-refractivity contribution in [1.82, 2.24) is 10.5 Å². The van der Waals surface area contributed by atoms with E-state index >= 15 is 0 Å². The average molecular weight is 188 g/mol. The first-order valence-electron chi connectivity index (χ1n) is 4.10. The van der Waals surface area contributed by atoms with E-state index in [1.165, 1.54) is 6.20 Å². The molecule has 0 spiro atoms. The molecular weight excluding hydrogens is 180 g/mol. The van der Waals surface area contributed by atoms with E-state index in [4.69, 9.17) is 5.21 Å². The Morgan fingerprint density at radius 1 is 1.36 bits per heavy atom. The molecule has 2 aromatic rings. The van der Waals surface area contributed by atoms with E-state index in [1.807, 2.05) is 24.3 Å². The Morgan fingerprint density at radius 2 is 2.14 bits per heavy atom. The van der Waals surface area contributed by atoms with Crippen LogP contribution in [0.3, 0.4) is 0 Å². The number of carbonyl (C=O) groups excluding carboxylic acids is 1. The molecule has 0 radical (unpaired) electrons. The van der Waals surface area contributed by atoms with Gasteiger partial charge in [-0.3, -0.25) is 15.0 Å². The number of hydroxylamine groups is 1. The molecule has 0 aliphatic rings. The summed E-state index contributed by atoms with van der Waals surface area (Å²) in [6.07, 6.45) is 1.42. The molecule has 2 N–H and O–H groups in total. The lowest BCUT2D eigenvalue weighted by Crippen LogP contribution is -2.18. The molecule has 0 aliphatic heterocycles. The lowest BCUT2D eigenvalue weighted by atomic mass is 10.1. The molecule has 2 rings (SSSR count). The number of fused-ring (bicyclic) bond motifs is 1. The van der Waals surface area contributed by atoms with E-state index in [1.54, 1.807) is 11.5 Å². The summed E-state index contributed by atoms with van der Waals surface area (Å²) in [5.41, 5.74) is 2.73. The number of benzene rings is 1. The number of aromatic nitrogens is 1. The summed E-state index contributed by atoms with van der Waals surface area (Å²) < 4.78 is 0. The van der Waals surface area contributed by atoms with Gasteiger partial charge in [0, 0.05) is 11.6 Å². The number of pyridine rings is 1. The Balaban J connectivity index is 2.56. The van der Waals surface area contributed by atoms with Crippen LogP contribution < -0.4 is 5.48 Å². The third kappa shape index (κ3) is 1.43. The van der Waals surface area contributed by atoms with Crippen LogP contribution in [0.5, 0.6) is 0 Å². The Hall–Kier alpha value is -1.94. The minimum Gasteiger partial charge on any atom is -0.288 e. The van der Waals surface area contributed by atoms with Gasteiger partial charge in [-0.05, 0) is 12.1 Å². The minimum absolute atomic E-state index is 0.339. The standard InChI is InChI=1S/C10H8N2O2/c13-10(12-14)8-5-7-3-1-2-4-9(7)11-6-8/h1-6,14H,(H,12,13). The third-order valence-corrected chi connectivity index (χ3v) is 1.95. The number of rotatable bonds is 1. The van der Waals surface area contributed by atoms with Gasteiger partial charge >= 0.3 is 0 Å². The van der Waals surface area contributed by atoms with Gasteiger partial charge in [0.2, 0.25) is 0 Å². The first kappa shape index (κ1) is 8.65. The summed E-state index contributed by atoms with van der Waals surface area (Å²) in [5.74, 6) is -0.553. The van der Waals surface area contributed by atoms with Crippen molar-refractivity contribution in [2.75, 3.05) is 0 Å². The molecule has 1 aromatic heterocycles. The Kier molecular flexibility index (Phi) is 2.12. The van der Waals surface area contributed by atoms with Gasteiger partial charge in [0.05, 0.1) is 11.1 Å². The largest absolute Gasteiger partial charge is 0.288 e. The topological polar surface area (TPSA) is 62.2 Å². The van der Waals surface area contributed by atoms with E-state index in [9.17, 15) is 4.79 Å². The average Bonchev–Trinajstić information content (AvgIpc) is 2.27. The van der Waals surface area contributed by atoms with Gasteiger partial charge < -0.3 is 0 Å². The lowest BCUT2D eigenvalue weighted by Gasteiger charge is -2.00. The van der Waals surface area contributed by atoms with Crippen LogP contribution in [-0.4, -0.2) is 16.1 Å². The van der Waals surface area contributed by atoms with Crippen molar-refractivity contribution in [3.05, 3.63) is 42.1 Å². The van der Waals surface area contributed by atoms with E-state index < -0.39 is 5.91 Å². The van der Waals surface area contributed by atoms with Crippen LogP contribution in [0.25, 0.3) is 10.9 Å².